The molecule has 1 aromatic rings. The lowest BCUT2D eigenvalue weighted by molar-refractivity contribution is 0.0948. The zero-order valence-electron chi connectivity index (χ0n) is 10.1. The fourth-order valence-corrected chi connectivity index (χ4v) is 1.88. The Bertz CT molecular complexity index is 371. The second kappa shape index (κ2) is 5.61. The van der Waals surface area contributed by atoms with E-state index in [1.54, 1.807) is 12.4 Å². The molecule has 0 atom stereocenters. The Balaban J connectivity index is 1.99. The number of carbonyl (C=O) groups is 1. The summed E-state index contributed by atoms with van der Waals surface area (Å²) in [6.07, 6.45) is 6.58. The van der Waals surface area contributed by atoms with E-state index >= 15 is 0 Å². The molecule has 5 heteroatoms. The molecule has 1 aliphatic heterocycles. The van der Waals surface area contributed by atoms with Gasteiger partial charge in [0.15, 0.2) is 0 Å². The summed E-state index contributed by atoms with van der Waals surface area (Å²) < 4.78 is 0. The van der Waals surface area contributed by atoms with Gasteiger partial charge in [-0.25, -0.2) is 9.97 Å². The first kappa shape index (κ1) is 11.8. The molecule has 0 spiro atoms. The number of nitrogens with one attached hydrogen (secondary N) is 1. The first-order valence-electron chi connectivity index (χ1n) is 6.16. The van der Waals surface area contributed by atoms with Crippen molar-refractivity contribution in [3.8, 4) is 0 Å². The van der Waals surface area contributed by atoms with Gasteiger partial charge in [0.25, 0.3) is 5.91 Å². The van der Waals surface area contributed by atoms with Crippen molar-refractivity contribution in [1.29, 1.82) is 0 Å². The van der Waals surface area contributed by atoms with Crippen LogP contribution in [0.4, 0.5) is 5.82 Å². The molecule has 17 heavy (non-hydrogen) atoms. The van der Waals surface area contributed by atoms with Crippen LogP contribution >= 0.6 is 0 Å². The van der Waals surface area contributed by atoms with Crippen molar-refractivity contribution in [2.45, 2.75) is 26.2 Å². The Labute approximate surface area is 101 Å². The number of carbonyl (C=O) groups excluding carboxylic acids is 1. The maximum Gasteiger partial charge on any atom is 0.271 e. The highest BCUT2D eigenvalue weighted by Gasteiger charge is 2.14. The Morgan fingerprint density at radius 3 is 2.71 bits per heavy atom. The fraction of sp³-hybridized carbons (Fsp3) is 0.583. The van der Waals surface area contributed by atoms with Crippen LogP contribution in [0.3, 0.4) is 0 Å². The summed E-state index contributed by atoms with van der Waals surface area (Å²) in [6, 6.07) is 0. The van der Waals surface area contributed by atoms with Crippen LogP contribution in [0.15, 0.2) is 12.4 Å². The molecular weight excluding hydrogens is 216 g/mol. The van der Waals surface area contributed by atoms with Gasteiger partial charge in [-0.15, -0.1) is 0 Å². The van der Waals surface area contributed by atoms with Crippen LogP contribution in [0.25, 0.3) is 0 Å². The molecule has 0 radical (unpaired) electrons. The highest BCUT2D eigenvalue weighted by Crippen LogP contribution is 2.16. The zero-order valence-corrected chi connectivity index (χ0v) is 10.1. The standard InChI is InChI=1S/C12H18N4O/c1-2-5-13-12(17)10-8-15-11(9-14-10)16-6-3-4-7-16/h8-9H,2-7H2,1H3,(H,13,17). The number of amides is 1. The molecule has 1 N–H and O–H groups in total. The van der Waals surface area contributed by atoms with Crippen molar-refractivity contribution in [2.75, 3.05) is 24.5 Å². The highest BCUT2D eigenvalue weighted by molar-refractivity contribution is 5.91. The second-order valence-corrected chi connectivity index (χ2v) is 4.21. The molecule has 2 heterocycles. The van der Waals surface area contributed by atoms with Crippen molar-refractivity contribution in [1.82, 2.24) is 15.3 Å². The molecular formula is C12H18N4O. The van der Waals surface area contributed by atoms with E-state index in [0.717, 1.165) is 25.3 Å². The van der Waals surface area contributed by atoms with Gasteiger partial charge in [-0.3, -0.25) is 4.79 Å². The number of nitrogens with zero attached hydrogens (tertiary/aromatic N) is 3. The van der Waals surface area contributed by atoms with Crippen molar-refractivity contribution >= 4 is 11.7 Å². The van der Waals surface area contributed by atoms with Gasteiger partial charge in [-0.1, -0.05) is 6.92 Å². The number of rotatable bonds is 4. The van der Waals surface area contributed by atoms with E-state index in [4.69, 9.17) is 0 Å². The van der Waals surface area contributed by atoms with Crippen LogP contribution < -0.4 is 10.2 Å². The third kappa shape index (κ3) is 2.93. The van der Waals surface area contributed by atoms with Crippen LogP contribution in [0.1, 0.15) is 36.7 Å². The van der Waals surface area contributed by atoms with Gasteiger partial charge in [0.05, 0.1) is 12.4 Å². The SMILES string of the molecule is CCCNC(=O)c1cnc(N2CCCC2)cn1. The molecule has 92 valence electrons. The molecule has 0 unspecified atom stereocenters. The van der Waals surface area contributed by atoms with Crippen molar-refractivity contribution in [3.05, 3.63) is 18.1 Å². The average Bonchev–Trinajstić information content (AvgIpc) is 2.90. The van der Waals surface area contributed by atoms with Crippen LogP contribution in [0.5, 0.6) is 0 Å². The minimum atomic E-state index is -0.146. The van der Waals surface area contributed by atoms with Crippen LogP contribution in [0, 0.1) is 0 Å². The molecule has 0 aliphatic carbocycles. The summed E-state index contributed by atoms with van der Waals surface area (Å²) in [7, 11) is 0. The number of hydrogen-bond acceptors (Lipinski definition) is 4. The van der Waals surface area contributed by atoms with Crippen LogP contribution in [-0.2, 0) is 0 Å². The van der Waals surface area contributed by atoms with E-state index < -0.39 is 0 Å². The van der Waals surface area contributed by atoms with Crippen molar-refractivity contribution < 1.29 is 4.79 Å². The summed E-state index contributed by atoms with van der Waals surface area (Å²) in [6.45, 7) is 4.77. The van der Waals surface area contributed by atoms with Crippen molar-refractivity contribution in [2.24, 2.45) is 0 Å². The van der Waals surface area contributed by atoms with E-state index in [9.17, 15) is 4.79 Å². The quantitative estimate of drug-likeness (QED) is 0.851. The minimum Gasteiger partial charge on any atom is -0.355 e. The number of aromatic nitrogens is 2. The molecule has 0 bridgehead atoms. The van der Waals surface area contributed by atoms with Gasteiger partial charge >= 0.3 is 0 Å². The largest absolute Gasteiger partial charge is 0.355 e. The second-order valence-electron chi connectivity index (χ2n) is 4.21. The van der Waals surface area contributed by atoms with Gasteiger partial charge in [0.1, 0.15) is 11.5 Å². The van der Waals surface area contributed by atoms with E-state index in [-0.39, 0.29) is 5.91 Å². The summed E-state index contributed by atoms with van der Waals surface area (Å²) >= 11 is 0. The number of hydrogen-bond donors (Lipinski definition) is 1. The fourth-order valence-electron chi connectivity index (χ4n) is 1.88. The van der Waals surface area contributed by atoms with E-state index in [1.165, 1.54) is 12.8 Å². The lowest BCUT2D eigenvalue weighted by atomic mass is 10.4. The maximum absolute atomic E-state index is 11.6. The monoisotopic (exact) mass is 234 g/mol. The molecule has 5 nitrogen and oxygen atoms in total. The maximum atomic E-state index is 11.6. The topological polar surface area (TPSA) is 58.1 Å². The molecule has 1 amide bonds. The third-order valence-corrected chi connectivity index (χ3v) is 2.84. The summed E-state index contributed by atoms with van der Waals surface area (Å²) in [5.74, 6) is 0.724. The van der Waals surface area contributed by atoms with Gasteiger partial charge in [-0.05, 0) is 19.3 Å². The lowest BCUT2D eigenvalue weighted by Crippen LogP contribution is -2.26. The molecule has 2 rings (SSSR count). The Morgan fingerprint density at radius 2 is 2.12 bits per heavy atom. The van der Waals surface area contributed by atoms with E-state index in [2.05, 4.69) is 20.2 Å². The lowest BCUT2D eigenvalue weighted by Gasteiger charge is -2.15. The van der Waals surface area contributed by atoms with E-state index in [1.807, 2.05) is 6.92 Å². The zero-order chi connectivity index (χ0) is 12.1. The molecule has 1 aliphatic rings. The van der Waals surface area contributed by atoms with Crippen molar-refractivity contribution in [3.63, 3.8) is 0 Å². The van der Waals surface area contributed by atoms with Gasteiger partial charge in [0, 0.05) is 19.6 Å². The van der Waals surface area contributed by atoms with Crippen LogP contribution in [-0.4, -0.2) is 35.5 Å². The van der Waals surface area contributed by atoms with Gasteiger partial charge < -0.3 is 10.2 Å². The van der Waals surface area contributed by atoms with Crippen LogP contribution in [0.2, 0.25) is 0 Å². The number of anilines is 1. The molecule has 1 aromatic heterocycles. The van der Waals surface area contributed by atoms with E-state index in [0.29, 0.717) is 12.2 Å². The third-order valence-electron chi connectivity index (χ3n) is 2.84. The summed E-state index contributed by atoms with van der Waals surface area (Å²) in [4.78, 5) is 22.3. The summed E-state index contributed by atoms with van der Waals surface area (Å²) in [5, 5.41) is 2.78. The smallest absolute Gasteiger partial charge is 0.271 e. The predicted octanol–water partition coefficient (Wildman–Crippen LogP) is 1.22. The first-order chi connectivity index (χ1) is 8.31. The average molecular weight is 234 g/mol. The Hall–Kier alpha value is -1.65. The minimum absolute atomic E-state index is 0.146. The normalized spacial score (nSPS) is 15.0. The Kier molecular flexibility index (Phi) is 3.90. The highest BCUT2D eigenvalue weighted by atomic mass is 16.1. The first-order valence-corrected chi connectivity index (χ1v) is 6.16. The predicted molar refractivity (Wildman–Crippen MR) is 66.1 cm³/mol. The van der Waals surface area contributed by atoms with Gasteiger partial charge in [-0.2, -0.15) is 0 Å². The molecule has 0 aromatic carbocycles. The summed E-state index contributed by atoms with van der Waals surface area (Å²) in [5.41, 5.74) is 0.390. The Morgan fingerprint density at radius 1 is 1.35 bits per heavy atom. The molecule has 0 saturated carbocycles. The molecule has 1 saturated heterocycles. The molecule has 1 fully saturated rings. The van der Waals surface area contributed by atoms with Gasteiger partial charge in [0.2, 0.25) is 0 Å².